The van der Waals surface area contributed by atoms with Crippen molar-refractivity contribution >= 4 is 39.6 Å². The molecule has 0 spiro atoms. The molecule has 1 saturated carbocycles. The maximum atomic E-state index is 11.6. The smallest absolute Gasteiger partial charge is 0.325 e. The summed E-state index contributed by atoms with van der Waals surface area (Å²) >= 11 is 4.79. The summed E-state index contributed by atoms with van der Waals surface area (Å²) in [6.45, 7) is 0.439. The first-order valence-electron chi connectivity index (χ1n) is 6.44. The molecule has 1 N–H and O–H groups in total. The molecule has 1 aromatic carbocycles. The number of esters is 1. The summed E-state index contributed by atoms with van der Waals surface area (Å²) in [5.41, 5.74) is 0. The van der Waals surface area contributed by atoms with Crippen LogP contribution >= 0.6 is 27.7 Å². The lowest BCUT2D eigenvalue weighted by atomic mass is 10.4. The highest BCUT2D eigenvalue weighted by atomic mass is 79.9. The molecule has 4 nitrogen and oxygen atoms in total. The Kier molecular flexibility index (Phi) is 5.91. The van der Waals surface area contributed by atoms with E-state index >= 15 is 0 Å². The first-order chi connectivity index (χ1) is 9.63. The molecule has 1 aromatic rings. The normalized spacial score (nSPS) is 13.8. The van der Waals surface area contributed by atoms with Gasteiger partial charge in [0.05, 0.1) is 12.4 Å². The van der Waals surface area contributed by atoms with Gasteiger partial charge in [0.2, 0.25) is 5.91 Å². The van der Waals surface area contributed by atoms with Crippen LogP contribution in [-0.4, -0.2) is 30.8 Å². The minimum atomic E-state index is -0.362. The molecule has 108 valence electrons. The Bertz CT molecular complexity index is 474. The number of hydrogen-bond acceptors (Lipinski definition) is 4. The third-order valence-corrected chi connectivity index (χ3v) is 4.33. The van der Waals surface area contributed by atoms with Crippen LogP contribution in [0.25, 0.3) is 0 Å². The molecule has 1 fully saturated rings. The van der Waals surface area contributed by atoms with Crippen LogP contribution in [0.1, 0.15) is 12.8 Å². The van der Waals surface area contributed by atoms with Crippen molar-refractivity contribution in [3.63, 3.8) is 0 Å². The minimum absolute atomic E-state index is 0.0492. The van der Waals surface area contributed by atoms with E-state index in [-0.39, 0.29) is 24.2 Å². The van der Waals surface area contributed by atoms with Gasteiger partial charge in [-0.05, 0) is 43.0 Å². The van der Waals surface area contributed by atoms with Crippen molar-refractivity contribution in [2.45, 2.75) is 17.7 Å². The number of ether oxygens (including phenoxy) is 1. The highest BCUT2D eigenvalue weighted by Crippen LogP contribution is 2.28. The Morgan fingerprint density at radius 2 is 2.00 bits per heavy atom. The highest BCUT2D eigenvalue weighted by Gasteiger charge is 2.22. The summed E-state index contributed by atoms with van der Waals surface area (Å²) in [5, 5.41) is 2.56. The summed E-state index contributed by atoms with van der Waals surface area (Å²) in [6.07, 6.45) is 2.28. The van der Waals surface area contributed by atoms with E-state index in [0.29, 0.717) is 12.5 Å². The van der Waals surface area contributed by atoms with Gasteiger partial charge in [0.25, 0.3) is 0 Å². The van der Waals surface area contributed by atoms with Crippen LogP contribution in [0.15, 0.2) is 33.6 Å². The summed E-state index contributed by atoms with van der Waals surface area (Å²) < 4.78 is 6.03. The average Bonchev–Trinajstić information content (AvgIpc) is 3.26. The second-order valence-electron chi connectivity index (χ2n) is 4.65. The minimum Gasteiger partial charge on any atom is -0.464 e. The maximum absolute atomic E-state index is 11.6. The largest absolute Gasteiger partial charge is 0.464 e. The van der Waals surface area contributed by atoms with Gasteiger partial charge in [-0.25, -0.2) is 0 Å². The molecule has 0 unspecified atom stereocenters. The van der Waals surface area contributed by atoms with Crippen molar-refractivity contribution < 1.29 is 14.3 Å². The number of halogens is 1. The lowest BCUT2D eigenvalue weighted by Gasteiger charge is -2.06. The van der Waals surface area contributed by atoms with E-state index in [4.69, 9.17) is 4.74 Å². The molecule has 6 heteroatoms. The van der Waals surface area contributed by atoms with Gasteiger partial charge in [-0.3, -0.25) is 9.59 Å². The van der Waals surface area contributed by atoms with Crippen molar-refractivity contribution in [2.75, 3.05) is 18.9 Å². The lowest BCUT2D eigenvalue weighted by molar-refractivity contribution is -0.144. The van der Waals surface area contributed by atoms with E-state index in [1.165, 1.54) is 11.8 Å². The van der Waals surface area contributed by atoms with Gasteiger partial charge < -0.3 is 10.1 Å². The molecule has 0 saturated heterocycles. The van der Waals surface area contributed by atoms with Gasteiger partial charge in [-0.2, -0.15) is 0 Å². The Hall–Kier alpha value is -1.01. The van der Waals surface area contributed by atoms with Crippen molar-refractivity contribution in [1.82, 2.24) is 5.32 Å². The van der Waals surface area contributed by atoms with E-state index < -0.39 is 0 Å². The predicted molar refractivity (Wildman–Crippen MR) is 81.6 cm³/mol. The van der Waals surface area contributed by atoms with Gasteiger partial charge in [0.15, 0.2) is 0 Å². The number of amides is 1. The third-order valence-electron chi connectivity index (χ3n) is 2.79. The number of carbonyl (C=O) groups is 2. The molecule has 0 radical (unpaired) electrons. The van der Waals surface area contributed by atoms with Gasteiger partial charge in [-0.1, -0.05) is 15.9 Å². The molecule has 0 atom stereocenters. The molecule has 0 aromatic heterocycles. The zero-order valence-electron chi connectivity index (χ0n) is 10.9. The summed E-state index contributed by atoms with van der Waals surface area (Å²) in [6, 6.07) is 7.73. The van der Waals surface area contributed by atoms with Gasteiger partial charge >= 0.3 is 5.97 Å². The Labute approximate surface area is 130 Å². The fourth-order valence-corrected chi connectivity index (χ4v) is 2.44. The van der Waals surface area contributed by atoms with Crippen molar-refractivity contribution in [3.05, 3.63) is 28.7 Å². The average molecular weight is 358 g/mol. The summed E-state index contributed by atoms with van der Waals surface area (Å²) in [7, 11) is 0. The van der Waals surface area contributed by atoms with Crippen LogP contribution in [0.3, 0.4) is 0 Å². The van der Waals surface area contributed by atoms with Crippen LogP contribution in [0.4, 0.5) is 0 Å². The SMILES string of the molecule is O=C(CSc1ccc(Br)cc1)NCC(=O)OCC1CC1. The molecule has 2 rings (SSSR count). The molecular formula is C14H16BrNO3S. The van der Waals surface area contributed by atoms with Crippen molar-refractivity contribution in [3.8, 4) is 0 Å². The second-order valence-corrected chi connectivity index (χ2v) is 6.61. The topological polar surface area (TPSA) is 55.4 Å². The van der Waals surface area contributed by atoms with E-state index in [1.807, 2.05) is 24.3 Å². The van der Waals surface area contributed by atoms with E-state index in [0.717, 1.165) is 22.2 Å². The van der Waals surface area contributed by atoms with Crippen LogP contribution < -0.4 is 5.32 Å². The van der Waals surface area contributed by atoms with Gasteiger partial charge in [0.1, 0.15) is 6.54 Å². The van der Waals surface area contributed by atoms with Gasteiger partial charge in [-0.15, -0.1) is 11.8 Å². The van der Waals surface area contributed by atoms with Crippen molar-refractivity contribution in [2.24, 2.45) is 5.92 Å². The number of hydrogen-bond donors (Lipinski definition) is 1. The molecule has 1 aliphatic carbocycles. The first-order valence-corrected chi connectivity index (χ1v) is 8.22. The quantitative estimate of drug-likeness (QED) is 0.601. The summed E-state index contributed by atoms with van der Waals surface area (Å²) in [4.78, 5) is 23.9. The highest BCUT2D eigenvalue weighted by molar-refractivity contribution is 9.10. The monoisotopic (exact) mass is 357 g/mol. The van der Waals surface area contributed by atoms with Crippen LogP contribution in [0, 0.1) is 5.92 Å². The molecule has 1 aliphatic rings. The Morgan fingerprint density at radius 3 is 2.65 bits per heavy atom. The van der Waals surface area contributed by atoms with E-state index in [1.54, 1.807) is 0 Å². The number of benzene rings is 1. The lowest BCUT2D eigenvalue weighted by Crippen LogP contribution is -2.32. The van der Waals surface area contributed by atoms with Crippen molar-refractivity contribution in [1.29, 1.82) is 0 Å². The fourth-order valence-electron chi connectivity index (χ4n) is 1.45. The Balaban J connectivity index is 1.59. The first kappa shape index (κ1) is 15.4. The zero-order valence-corrected chi connectivity index (χ0v) is 13.3. The van der Waals surface area contributed by atoms with Crippen LogP contribution in [0.5, 0.6) is 0 Å². The molecule has 0 heterocycles. The van der Waals surface area contributed by atoms with Crippen LogP contribution in [-0.2, 0) is 14.3 Å². The number of thioether (sulfide) groups is 1. The predicted octanol–water partition coefficient (Wildman–Crippen LogP) is 2.61. The van der Waals surface area contributed by atoms with Gasteiger partial charge in [0, 0.05) is 9.37 Å². The van der Waals surface area contributed by atoms with E-state index in [2.05, 4.69) is 21.2 Å². The number of carbonyl (C=O) groups excluding carboxylic acids is 2. The number of nitrogens with one attached hydrogen (secondary N) is 1. The standard InChI is InChI=1S/C14H16BrNO3S/c15-11-3-5-12(6-4-11)20-9-13(17)16-7-14(18)19-8-10-1-2-10/h3-6,10H,1-2,7-9H2,(H,16,17). The molecule has 1 amide bonds. The zero-order chi connectivity index (χ0) is 14.4. The Morgan fingerprint density at radius 1 is 1.30 bits per heavy atom. The van der Waals surface area contributed by atoms with E-state index in [9.17, 15) is 9.59 Å². The van der Waals surface area contributed by atoms with Crippen LogP contribution in [0.2, 0.25) is 0 Å². The fraction of sp³-hybridized carbons (Fsp3) is 0.429. The summed E-state index contributed by atoms with van der Waals surface area (Å²) in [5.74, 6) is 0.306. The maximum Gasteiger partial charge on any atom is 0.325 e. The molecular weight excluding hydrogens is 342 g/mol. The molecule has 0 bridgehead atoms. The third kappa shape index (κ3) is 5.96. The molecule has 0 aliphatic heterocycles. The number of rotatable bonds is 7. The molecule has 20 heavy (non-hydrogen) atoms. The second kappa shape index (κ2) is 7.69.